The second-order valence-corrected chi connectivity index (χ2v) is 12.8. The molecule has 0 fully saturated rings. The minimum Gasteiger partial charge on any atom is -0.496 e. The second kappa shape index (κ2) is 12.9. The van der Waals surface area contributed by atoms with Crippen molar-refractivity contribution >= 4 is 32.6 Å². The number of fused-ring (bicyclic) bond motifs is 1. The average Bonchev–Trinajstić information content (AvgIpc) is 3.42. The lowest BCUT2D eigenvalue weighted by Crippen LogP contribution is -2.14. The predicted octanol–water partition coefficient (Wildman–Crippen LogP) is 8.40. The lowest BCUT2D eigenvalue weighted by molar-refractivity contribution is -0.137. The Hall–Kier alpha value is -5.55. The van der Waals surface area contributed by atoms with Crippen LogP contribution >= 0.6 is 0 Å². The summed E-state index contributed by atoms with van der Waals surface area (Å²) in [6.07, 6.45) is -2.29. The summed E-state index contributed by atoms with van der Waals surface area (Å²) in [4.78, 5) is 11.3. The van der Waals surface area contributed by atoms with Gasteiger partial charge in [-0.1, -0.05) is 66.7 Å². The first kappa shape index (κ1) is 32.4. The van der Waals surface area contributed by atoms with Crippen molar-refractivity contribution in [3.63, 3.8) is 0 Å². The smallest absolute Gasteiger partial charge is 0.416 e. The molecule has 244 valence electrons. The molecule has 0 aliphatic rings. The minimum absolute atomic E-state index is 0.0752. The molecule has 2 N–H and O–H groups in total. The van der Waals surface area contributed by atoms with Crippen molar-refractivity contribution in [3.05, 3.63) is 161 Å². The first-order valence-corrected chi connectivity index (χ1v) is 16.3. The molecule has 0 bridgehead atoms. The summed E-state index contributed by atoms with van der Waals surface area (Å²) in [6, 6.07) is 32.6. The van der Waals surface area contributed by atoms with Crippen LogP contribution < -0.4 is 9.46 Å². The Labute approximate surface area is 274 Å². The summed E-state index contributed by atoms with van der Waals surface area (Å²) in [5.74, 6) is -0.701. The van der Waals surface area contributed by atoms with Gasteiger partial charge in [-0.05, 0) is 76.9 Å². The fourth-order valence-corrected chi connectivity index (χ4v) is 6.84. The van der Waals surface area contributed by atoms with E-state index in [0.29, 0.717) is 23.1 Å². The van der Waals surface area contributed by atoms with E-state index in [4.69, 9.17) is 4.74 Å². The fraction of sp³-hybridized carbons (Fsp3) is 0.108. The SMILES string of the molecule is COc1cc(C(=O)O)ccc1Cc1cn(C(c2ccccc2)c2ccccc2)c2ccc(NS(=O)(=O)c3ccc(C(F)(F)F)cc3)cc12. The van der Waals surface area contributed by atoms with Crippen LogP contribution in [0.1, 0.15) is 44.2 Å². The van der Waals surface area contributed by atoms with Crippen LogP contribution in [0.2, 0.25) is 0 Å². The summed E-state index contributed by atoms with van der Waals surface area (Å²) < 4.78 is 76.0. The fourth-order valence-electron chi connectivity index (χ4n) is 5.79. The quantitative estimate of drug-likeness (QED) is 0.153. The van der Waals surface area contributed by atoms with Gasteiger partial charge in [0.25, 0.3) is 10.0 Å². The Balaban J connectivity index is 1.48. The average molecular weight is 671 g/mol. The summed E-state index contributed by atoms with van der Waals surface area (Å²) in [6.45, 7) is 0. The number of sulfonamides is 1. The van der Waals surface area contributed by atoms with E-state index < -0.39 is 27.7 Å². The van der Waals surface area contributed by atoms with Gasteiger partial charge in [-0.2, -0.15) is 13.2 Å². The van der Waals surface area contributed by atoms with Crippen molar-refractivity contribution in [3.8, 4) is 5.75 Å². The highest BCUT2D eigenvalue weighted by Crippen LogP contribution is 2.37. The van der Waals surface area contributed by atoms with E-state index in [9.17, 15) is 31.5 Å². The van der Waals surface area contributed by atoms with E-state index in [-0.39, 0.29) is 22.2 Å². The second-order valence-electron chi connectivity index (χ2n) is 11.2. The maximum atomic E-state index is 13.3. The number of aromatic nitrogens is 1. The summed E-state index contributed by atoms with van der Waals surface area (Å²) in [5.41, 5.74) is 3.68. The molecule has 0 radical (unpaired) electrons. The van der Waals surface area contributed by atoms with Gasteiger partial charge in [-0.25, -0.2) is 13.2 Å². The van der Waals surface area contributed by atoms with Crippen LogP contribution in [-0.2, 0) is 22.6 Å². The zero-order valence-corrected chi connectivity index (χ0v) is 26.3. The normalized spacial score (nSPS) is 11.9. The first-order valence-electron chi connectivity index (χ1n) is 14.8. The Morgan fingerprint density at radius 3 is 2.02 bits per heavy atom. The number of hydrogen-bond acceptors (Lipinski definition) is 4. The molecule has 11 heteroatoms. The van der Waals surface area contributed by atoms with Gasteiger partial charge in [0.1, 0.15) is 5.75 Å². The Morgan fingerprint density at radius 1 is 0.833 bits per heavy atom. The third-order valence-corrected chi connectivity index (χ3v) is 9.48. The number of alkyl halides is 3. The molecule has 48 heavy (non-hydrogen) atoms. The number of anilines is 1. The predicted molar refractivity (Wildman–Crippen MR) is 177 cm³/mol. The Kier molecular flexibility index (Phi) is 8.72. The van der Waals surface area contributed by atoms with Crippen molar-refractivity contribution in [1.82, 2.24) is 4.57 Å². The molecule has 0 saturated heterocycles. The number of rotatable bonds is 10. The maximum absolute atomic E-state index is 13.3. The molecule has 1 aromatic heterocycles. The Morgan fingerprint density at radius 2 is 1.46 bits per heavy atom. The van der Waals surface area contributed by atoms with Crippen molar-refractivity contribution in [2.24, 2.45) is 0 Å². The molecule has 1 heterocycles. The number of nitrogens with one attached hydrogen (secondary N) is 1. The highest BCUT2D eigenvalue weighted by atomic mass is 32.2. The zero-order chi connectivity index (χ0) is 34.1. The molecule has 0 spiro atoms. The molecule has 0 aliphatic heterocycles. The van der Waals surface area contributed by atoms with Crippen LogP contribution in [0.15, 0.2) is 132 Å². The number of nitrogens with zero attached hydrogens (tertiary/aromatic N) is 1. The van der Waals surface area contributed by atoms with Crippen LogP contribution in [0.25, 0.3) is 10.9 Å². The molecule has 6 rings (SSSR count). The number of carboxylic acid groups (broad SMARTS) is 1. The molecule has 5 aromatic carbocycles. The van der Waals surface area contributed by atoms with Gasteiger partial charge in [0, 0.05) is 29.2 Å². The van der Waals surface area contributed by atoms with Crippen molar-refractivity contribution in [1.29, 1.82) is 0 Å². The molecule has 7 nitrogen and oxygen atoms in total. The van der Waals surface area contributed by atoms with E-state index in [1.165, 1.54) is 19.2 Å². The topological polar surface area (TPSA) is 97.6 Å². The molecular formula is C37H29F3N2O5S. The molecule has 0 saturated carbocycles. The zero-order valence-electron chi connectivity index (χ0n) is 25.5. The molecule has 0 atom stereocenters. The van der Waals surface area contributed by atoms with Crippen LogP contribution in [0.4, 0.5) is 18.9 Å². The molecular weight excluding hydrogens is 641 g/mol. The number of hydrogen-bond donors (Lipinski definition) is 2. The number of ether oxygens (including phenoxy) is 1. The maximum Gasteiger partial charge on any atom is 0.416 e. The van der Waals surface area contributed by atoms with Gasteiger partial charge in [-0.3, -0.25) is 4.72 Å². The van der Waals surface area contributed by atoms with E-state index in [2.05, 4.69) is 9.29 Å². The summed E-state index contributed by atoms with van der Waals surface area (Å²) in [7, 11) is -2.77. The van der Waals surface area contributed by atoms with E-state index >= 15 is 0 Å². The van der Waals surface area contributed by atoms with Crippen molar-refractivity contribution < 1.29 is 36.2 Å². The number of carbonyl (C=O) groups is 1. The minimum atomic E-state index is -4.60. The van der Waals surface area contributed by atoms with E-state index in [1.54, 1.807) is 24.3 Å². The third-order valence-electron chi connectivity index (χ3n) is 8.08. The van der Waals surface area contributed by atoms with Gasteiger partial charge in [0.2, 0.25) is 0 Å². The number of carboxylic acids is 1. The largest absolute Gasteiger partial charge is 0.496 e. The van der Waals surface area contributed by atoms with E-state index in [1.807, 2.05) is 66.9 Å². The van der Waals surface area contributed by atoms with Gasteiger partial charge in [0.05, 0.1) is 29.2 Å². The highest BCUT2D eigenvalue weighted by molar-refractivity contribution is 7.92. The molecule has 0 unspecified atom stereocenters. The number of methoxy groups -OCH3 is 1. The highest BCUT2D eigenvalue weighted by Gasteiger charge is 2.31. The van der Waals surface area contributed by atoms with Crippen LogP contribution in [0.5, 0.6) is 5.75 Å². The summed E-state index contributed by atoms with van der Waals surface area (Å²) >= 11 is 0. The van der Waals surface area contributed by atoms with E-state index in [0.717, 1.165) is 46.5 Å². The van der Waals surface area contributed by atoms with Crippen LogP contribution in [-0.4, -0.2) is 31.2 Å². The molecule has 6 aromatic rings. The van der Waals surface area contributed by atoms with Gasteiger partial charge in [0.15, 0.2) is 0 Å². The third kappa shape index (κ3) is 6.63. The number of halogens is 3. The Bertz CT molecular complexity index is 2160. The summed E-state index contributed by atoms with van der Waals surface area (Å²) in [5, 5.41) is 10.2. The lowest BCUT2D eigenvalue weighted by Gasteiger charge is -2.22. The van der Waals surface area contributed by atoms with Gasteiger partial charge < -0.3 is 14.4 Å². The number of aromatic carboxylic acids is 1. The van der Waals surface area contributed by atoms with Crippen molar-refractivity contribution in [2.45, 2.75) is 23.5 Å². The molecule has 0 amide bonds. The monoisotopic (exact) mass is 670 g/mol. The first-order chi connectivity index (χ1) is 22.9. The number of benzene rings is 5. The van der Waals surface area contributed by atoms with Crippen LogP contribution in [0, 0.1) is 0 Å². The van der Waals surface area contributed by atoms with Gasteiger partial charge >= 0.3 is 12.1 Å². The van der Waals surface area contributed by atoms with Crippen molar-refractivity contribution in [2.75, 3.05) is 11.8 Å². The standard InChI is InChI=1S/C37H29F3N2O5S/c1-47-34-21-27(36(43)44)13-12-26(34)20-28-23-42(35(24-8-4-2-5-9-24)25-10-6-3-7-11-25)33-19-16-30(22-32(28)33)41-48(45,46)31-17-14-29(15-18-31)37(38,39)40/h2-19,21-23,35,41H,20H2,1H3,(H,43,44). The van der Waals surface area contributed by atoms with Gasteiger partial charge in [-0.15, -0.1) is 0 Å². The van der Waals surface area contributed by atoms with Crippen LogP contribution in [0.3, 0.4) is 0 Å². The molecule has 0 aliphatic carbocycles. The lowest BCUT2D eigenvalue weighted by atomic mass is 9.98.